The highest BCUT2D eigenvalue weighted by Crippen LogP contribution is 2.29. The highest BCUT2D eigenvalue weighted by atomic mass is 16.5. The van der Waals surface area contributed by atoms with Gasteiger partial charge in [-0.2, -0.15) is 0 Å². The van der Waals surface area contributed by atoms with E-state index in [9.17, 15) is 4.79 Å². The van der Waals surface area contributed by atoms with Crippen LogP contribution >= 0.6 is 0 Å². The first kappa shape index (κ1) is 18.5. The van der Waals surface area contributed by atoms with Gasteiger partial charge < -0.3 is 19.4 Å². The molecule has 0 spiro atoms. The van der Waals surface area contributed by atoms with Gasteiger partial charge in [0.1, 0.15) is 23.7 Å². The summed E-state index contributed by atoms with van der Waals surface area (Å²) in [7, 11) is 3.13. The van der Waals surface area contributed by atoms with Gasteiger partial charge in [0.2, 0.25) is 5.91 Å². The smallest absolute Gasteiger partial charge is 0.244 e. The van der Waals surface area contributed by atoms with Crippen LogP contribution in [-0.4, -0.2) is 34.7 Å². The third kappa shape index (κ3) is 3.75. The van der Waals surface area contributed by atoms with E-state index in [1.807, 2.05) is 47.0 Å². The van der Waals surface area contributed by atoms with Crippen molar-refractivity contribution in [3.05, 3.63) is 66.9 Å². The van der Waals surface area contributed by atoms with Gasteiger partial charge in [-0.05, 0) is 36.4 Å². The SMILES string of the molecule is COc1ccc(NC(=O)Cn2c(-c3ccccn3)nc3ccccc32)c(OC)c1. The zero-order chi connectivity index (χ0) is 20.2. The lowest BCUT2D eigenvalue weighted by Crippen LogP contribution is -2.19. The first-order valence-corrected chi connectivity index (χ1v) is 9.08. The maximum atomic E-state index is 12.9. The molecule has 4 aromatic rings. The minimum Gasteiger partial charge on any atom is -0.497 e. The molecule has 146 valence electrons. The second-order valence-electron chi connectivity index (χ2n) is 6.34. The standard InChI is InChI=1S/C22H20N4O3/c1-28-15-10-11-17(20(13-15)29-2)24-21(27)14-26-19-9-4-3-7-16(19)25-22(26)18-8-5-6-12-23-18/h3-13H,14H2,1-2H3,(H,24,27). The lowest BCUT2D eigenvalue weighted by molar-refractivity contribution is -0.116. The normalized spacial score (nSPS) is 10.7. The Kier molecular flexibility index (Phi) is 5.11. The van der Waals surface area contributed by atoms with Gasteiger partial charge in [-0.3, -0.25) is 9.78 Å². The van der Waals surface area contributed by atoms with E-state index in [-0.39, 0.29) is 12.5 Å². The van der Waals surface area contributed by atoms with Crippen molar-refractivity contribution in [3.63, 3.8) is 0 Å². The minimum atomic E-state index is -0.200. The van der Waals surface area contributed by atoms with E-state index in [4.69, 9.17) is 9.47 Å². The van der Waals surface area contributed by atoms with E-state index in [1.165, 1.54) is 0 Å². The van der Waals surface area contributed by atoms with Crippen LogP contribution in [0.4, 0.5) is 5.69 Å². The molecule has 2 heterocycles. The van der Waals surface area contributed by atoms with Crippen LogP contribution in [0, 0.1) is 0 Å². The number of nitrogens with zero attached hydrogens (tertiary/aromatic N) is 3. The Hall–Kier alpha value is -3.87. The summed E-state index contributed by atoms with van der Waals surface area (Å²) in [6, 6.07) is 18.6. The lowest BCUT2D eigenvalue weighted by Gasteiger charge is -2.13. The molecule has 2 aromatic heterocycles. The second-order valence-corrected chi connectivity index (χ2v) is 6.34. The molecular formula is C22H20N4O3. The van der Waals surface area contributed by atoms with E-state index in [0.717, 1.165) is 11.0 Å². The number of anilines is 1. The number of ether oxygens (including phenoxy) is 2. The Balaban J connectivity index is 1.67. The van der Waals surface area contributed by atoms with E-state index in [1.54, 1.807) is 38.6 Å². The molecule has 7 heteroatoms. The van der Waals surface area contributed by atoms with Gasteiger partial charge in [0.15, 0.2) is 5.82 Å². The number of amides is 1. The van der Waals surface area contributed by atoms with E-state index in [2.05, 4.69) is 15.3 Å². The van der Waals surface area contributed by atoms with Gasteiger partial charge in [0, 0.05) is 12.3 Å². The summed E-state index contributed by atoms with van der Waals surface area (Å²) in [5, 5.41) is 2.91. The summed E-state index contributed by atoms with van der Waals surface area (Å²) in [5.74, 6) is 1.62. The number of hydrogen-bond acceptors (Lipinski definition) is 5. The molecule has 0 aliphatic carbocycles. The number of hydrogen-bond donors (Lipinski definition) is 1. The number of methoxy groups -OCH3 is 2. The van der Waals surface area contributed by atoms with Gasteiger partial charge in [-0.15, -0.1) is 0 Å². The number of carbonyl (C=O) groups is 1. The van der Waals surface area contributed by atoms with Crippen LogP contribution in [0.3, 0.4) is 0 Å². The third-order valence-electron chi connectivity index (χ3n) is 4.53. The molecule has 0 radical (unpaired) electrons. The van der Waals surface area contributed by atoms with Crippen molar-refractivity contribution in [2.45, 2.75) is 6.54 Å². The third-order valence-corrected chi connectivity index (χ3v) is 4.53. The summed E-state index contributed by atoms with van der Waals surface area (Å²) in [6.45, 7) is 0.0849. The van der Waals surface area contributed by atoms with Crippen LogP contribution < -0.4 is 14.8 Å². The molecular weight excluding hydrogens is 368 g/mol. The molecule has 0 saturated carbocycles. The Morgan fingerprint density at radius 1 is 1.03 bits per heavy atom. The van der Waals surface area contributed by atoms with Crippen LogP contribution in [0.15, 0.2) is 66.9 Å². The average Bonchev–Trinajstić information content (AvgIpc) is 3.13. The molecule has 1 amide bonds. The predicted molar refractivity (Wildman–Crippen MR) is 111 cm³/mol. The van der Waals surface area contributed by atoms with Crippen LogP contribution in [0.5, 0.6) is 11.5 Å². The van der Waals surface area contributed by atoms with Crippen LogP contribution in [-0.2, 0) is 11.3 Å². The molecule has 0 fully saturated rings. The summed E-state index contributed by atoms with van der Waals surface area (Å²) in [5.41, 5.74) is 2.95. The first-order valence-electron chi connectivity index (χ1n) is 9.08. The van der Waals surface area contributed by atoms with Gasteiger partial charge in [0.05, 0.1) is 30.9 Å². The Morgan fingerprint density at radius 3 is 2.62 bits per heavy atom. The zero-order valence-electron chi connectivity index (χ0n) is 16.1. The summed E-state index contributed by atoms with van der Waals surface area (Å²) < 4.78 is 12.4. The van der Waals surface area contributed by atoms with Crippen LogP contribution in [0.2, 0.25) is 0 Å². The Labute approximate surface area is 167 Å². The van der Waals surface area contributed by atoms with Crippen LogP contribution in [0.25, 0.3) is 22.6 Å². The van der Waals surface area contributed by atoms with Gasteiger partial charge >= 0.3 is 0 Å². The highest BCUT2D eigenvalue weighted by molar-refractivity contribution is 5.94. The van der Waals surface area contributed by atoms with E-state index in [0.29, 0.717) is 28.7 Å². The van der Waals surface area contributed by atoms with Gasteiger partial charge in [-0.1, -0.05) is 18.2 Å². The lowest BCUT2D eigenvalue weighted by atomic mass is 10.2. The summed E-state index contributed by atoms with van der Waals surface area (Å²) >= 11 is 0. The van der Waals surface area contributed by atoms with E-state index >= 15 is 0 Å². The molecule has 4 rings (SSSR count). The number of nitrogens with one attached hydrogen (secondary N) is 1. The number of imidazole rings is 1. The molecule has 2 aromatic carbocycles. The molecule has 0 bridgehead atoms. The summed E-state index contributed by atoms with van der Waals surface area (Å²) in [6.07, 6.45) is 1.71. The van der Waals surface area contributed by atoms with Crippen molar-refractivity contribution in [2.75, 3.05) is 19.5 Å². The van der Waals surface area contributed by atoms with Crippen molar-refractivity contribution in [2.24, 2.45) is 0 Å². The fraction of sp³-hybridized carbons (Fsp3) is 0.136. The molecule has 0 atom stereocenters. The number of fused-ring (bicyclic) bond motifs is 1. The largest absolute Gasteiger partial charge is 0.497 e. The van der Waals surface area contributed by atoms with Crippen molar-refractivity contribution in [1.82, 2.24) is 14.5 Å². The molecule has 0 unspecified atom stereocenters. The van der Waals surface area contributed by atoms with E-state index < -0.39 is 0 Å². The molecule has 0 aliphatic heterocycles. The average molecular weight is 388 g/mol. The molecule has 7 nitrogen and oxygen atoms in total. The van der Waals surface area contributed by atoms with Crippen molar-refractivity contribution in [3.8, 4) is 23.0 Å². The number of aromatic nitrogens is 3. The number of carbonyl (C=O) groups excluding carboxylic acids is 1. The van der Waals surface area contributed by atoms with Gasteiger partial charge in [-0.25, -0.2) is 4.98 Å². The monoisotopic (exact) mass is 388 g/mol. The Morgan fingerprint density at radius 2 is 1.86 bits per heavy atom. The Bertz CT molecular complexity index is 1160. The quantitative estimate of drug-likeness (QED) is 0.544. The minimum absolute atomic E-state index is 0.0849. The maximum Gasteiger partial charge on any atom is 0.244 e. The van der Waals surface area contributed by atoms with Crippen molar-refractivity contribution >= 4 is 22.6 Å². The second kappa shape index (κ2) is 8.02. The molecule has 0 saturated heterocycles. The van der Waals surface area contributed by atoms with Crippen molar-refractivity contribution < 1.29 is 14.3 Å². The van der Waals surface area contributed by atoms with Gasteiger partial charge in [0.25, 0.3) is 0 Å². The highest BCUT2D eigenvalue weighted by Gasteiger charge is 2.17. The number of benzene rings is 2. The fourth-order valence-corrected chi connectivity index (χ4v) is 3.16. The maximum absolute atomic E-state index is 12.9. The topological polar surface area (TPSA) is 78.3 Å². The van der Waals surface area contributed by atoms with Crippen molar-refractivity contribution in [1.29, 1.82) is 0 Å². The predicted octanol–water partition coefficient (Wildman–Crippen LogP) is 3.75. The van der Waals surface area contributed by atoms with Crippen LogP contribution in [0.1, 0.15) is 0 Å². The fourth-order valence-electron chi connectivity index (χ4n) is 3.16. The first-order chi connectivity index (χ1) is 14.2. The molecule has 1 N–H and O–H groups in total. The number of rotatable bonds is 6. The number of pyridine rings is 1. The summed E-state index contributed by atoms with van der Waals surface area (Å²) in [4.78, 5) is 21.9. The zero-order valence-corrected chi connectivity index (χ0v) is 16.1. The number of para-hydroxylation sites is 2. The molecule has 0 aliphatic rings. The molecule has 29 heavy (non-hydrogen) atoms.